The van der Waals surface area contributed by atoms with E-state index in [1.807, 2.05) is 6.07 Å². The second-order valence-electron chi connectivity index (χ2n) is 4.89. The minimum absolute atomic E-state index is 0.108. The first-order chi connectivity index (χ1) is 8.68. The van der Waals surface area contributed by atoms with Crippen LogP contribution in [0.4, 0.5) is 10.1 Å². The van der Waals surface area contributed by atoms with E-state index < -0.39 is 0 Å². The highest BCUT2D eigenvalue weighted by Crippen LogP contribution is 2.27. The molecule has 0 radical (unpaired) electrons. The Balaban J connectivity index is 1.96. The zero-order valence-corrected chi connectivity index (χ0v) is 11.2. The van der Waals surface area contributed by atoms with Crippen LogP contribution in [-0.2, 0) is 0 Å². The van der Waals surface area contributed by atoms with Gasteiger partial charge in [-0.1, -0.05) is 44.0 Å². The number of hydrogen-bond acceptors (Lipinski definition) is 2. The summed E-state index contributed by atoms with van der Waals surface area (Å²) in [6.45, 7) is 0.851. The highest BCUT2D eigenvalue weighted by Gasteiger charge is 2.15. The second-order valence-corrected chi connectivity index (χ2v) is 5.33. The SMILES string of the molecule is NC(=S)c1c(F)cccc1NCCC1CCCC1. The second kappa shape index (κ2) is 6.14. The molecule has 0 spiro atoms. The summed E-state index contributed by atoms with van der Waals surface area (Å²) in [5.41, 5.74) is 6.60. The van der Waals surface area contributed by atoms with Crippen molar-refractivity contribution < 1.29 is 4.39 Å². The van der Waals surface area contributed by atoms with Gasteiger partial charge < -0.3 is 11.1 Å². The van der Waals surface area contributed by atoms with Gasteiger partial charge in [0, 0.05) is 12.2 Å². The normalized spacial score (nSPS) is 15.8. The lowest BCUT2D eigenvalue weighted by molar-refractivity contribution is 0.518. The van der Waals surface area contributed by atoms with E-state index in [9.17, 15) is 4.39 Å². The Morgan fingerprint density at radius 3 is 2.78 bits per heavy atom. The molecule has 0 aromatic heterocycles. The molecule has 98 valence electrons. The molecule has 0 heterocycles. The third kappa shape index (κ3) is 3.19. The van der Waals surface area contributed by atoms with Crippen LogP contribution in [0.3, 0.4) is 0 Å². The van der Waals surface area contributed by atoms with Crippen LogP contribution in [0, 0.1) is 11.7 Å². The van der Waals surface area contributed by atoms with Gasteiger partial charge in [0.2, 0.25) is 0 Å². The number of halogens is 1. The lowest BCUT2D eigenvalue weighted by atomic mass is 10.0. The average Bonchev–Trinajstić information content (AvgIpc) is 2.81. The molecule has 1 aliphatic rings. The fraction of sp³-hybridized carbons (Fsp3) is 0.500. The van der Waals surface area contributed by atoms with Gasteiger partial charge >= 0.3 is 0 Å². The van der Waals surface area contributed by atoms with Crippen molar-refractivity contribution in [2.24, 2.45) is 11.7 Å². The van der Waals surface area contributed by atoms with E-state index in [0.29, 0.717) is 11.3 Å². The maximum Gasteiger partial charge on any atom is 0.135 e. The molecule has 1 aromatic carbocycles. The van der Waals surface area contributed by atoms with Gasteiger partial charge in [-0.3, -0.25) is 0 Å². The number of nitrogens with one attached hydrogen (secondary N) is 1. The lowest BCUT2D eigenvalue weighted by Gasteiger charge is -2.14. The largest absolute Gasteiger partial charge is 0.389 e. The van der Waals surface area contributed by atoms with Gasteiger partial charge in [-0.2, -0.15) is 0 Å². The monoisotopic (exact) mass is 266 g/mol. The van der Waals surface area contributed by atoms with Crippen LogP contribution in [0.15, 0.2) is 18.2 Å². The van der Waals surface area contributed by atoms with Crippen LogP contribution in [0.2, 0.25) is 0 Å². The zero-order chi connectivity index (χ0) is 13.0. The third-order valence-electron chi connectivity index (χ3n) is 3.60. The molecule has 0 aliphatic heterocycles. The van der Waals surface area contributed by atoms with E-state index >= 15 is 0 Å². The molecule has 18 heavy (non-hydrogen) atoms. The first-order valence-electron chi connectivity index (χ1n) is 6.50. The summed E-state index contributed by atoms with van der Waals surface area (Å²) in [6.07, 6.45) is 6.48. The summed E-state index contributed by atoms with van der Waals surface area (Å²) in [6, 6.07) is 4.89. The Morgan fingerprint density at radius 2 is 2.11 bits per heavy atom. The van der Waals surface area contributed by atoms with Crippen LogP contribution >= 0.6 is 12.2 Å². The van der Waals surface area contributed by atoms with Crippen molar-refractivity contribution in [3.8, 4) is 0 Å². The number of thiocarbonyl (C=S) groups is 1. The molecular formula is C14H19FN2S. The van der Waals surface area contributed by atoms with E-state index in [1.54, 1.807) is 6.07 Å². The average molecular weight is 266 g/mol. The van der Waals surface area contributed by atoms with Crippen LogP contribution in [0.5, 0.6) is 0 Å². The Kier molecular flexibility index (Phi) is 4.53. The molecular weight excluding hydrogens is 247 g/mol. The van der Waals surface area contributed by atoms with Crippen molar-refractivity contribution in [3.63, 3.8) is 0 Å². The summed E-state index contributed by atoms with van der Waals surface area (Å²) >= 11 is 4.89. The molecule has 0 saturated heterocycles. The fourth-order valence-electron chi connectivity index (χ4n) is 2.63. The molecule has 1 fully saturated rings. The van der Waals surface area contributed by atoms with Crippen LogP contribution in [-0.4, -0.2) is 11.5 Å². The summed E-state index contributed by atoms with van der Waals surface area (Å²) in [7, 11) is 0. The molecule has 1 aliphatic carbocycles. The van der Waals surface area contributed by atoms with Crippen molar-refractivity contribution in [1.29, 1.82) is 0 Å². The van der Waals surface area contributed by atoms with E-state index in [2.05, 4.69) is 5.32 Å². The molecule has 1 aromatic rings. The van der Waals surface area contributed by atoms with E-state index in [1.165, 1.54) is 31.7 Å². The first kappa shape index (κ1) is 13.3. The van der Waals surface area contributed by atoms with Gasteiger partial charge in [-0.05, 0) is 24.5 Å². The lowest BCUT2D eigenvalue weighted by Crippen LogP contribution is -2.16. The molecule has 2 rings (SSSR count). The number of benzene rings is 1. The number of anilines is 1. The third-order valence-corrected chi connectivity index (χ3v) is 3.81. The van der Waals surface area contributed by atoms with E-state index in [4.69, 9.17) is 18.0 Å². The standard InChI is InChI=1S/C14H19FN2S/c15-11-6-3-7-12(13(11)14(16)18)17-9-8-10-4-1-2-5-10/h3,6-7,10,17H,1-2,4-5,8-9H2,(H2,16,18). The summed E-state index contributed by atoms with van der Waals surface area (Å²) in [5.74, 6) is 0.465. The maximum atomic E-state index is 13.6. The molecule has 0 atom stereocenters. The van der Waals surface area contributed by atoms with Gasteiger partial charge in [0.15, 0.2) is 0 Å². The van der Waals surface area contributed by atoms with Gasteiger partial charge in [0.1, 0.15) is 10.8 Å². The van der Waals surface area contributed by atoms with Gasteiger partial charge in [0.05, 0.1) is 5.56 Å². The van der Waals surface area contributed by atoms with Crippen LogP contribution in [0.25, 0.3) is 0 Å². The Morgan fingerprint density at radius 1 is 1.39 bits per heavy atom. The van der Waals surface area contributed by atoms with Crippen LogP contribution in [0.1, 0.15) is 37.7 Å². The smallest absolute Gasteiger partial charge is 0.135 e. The predicted molar refractivity (Wildman–Crippen MR) is 77.4 cm³/mol. The zero-order valence-electron chi connectivity index (χ0n) is 10.4. The maximum absolute atomic E-state index is 13.6. The summed E-state index contributed by atoms with van der Waals surface area (Å²) in [4.78, 5) is 0.108. The predicted octanol–water partition coefficient (Wildman–Crippen LogP) is 3.45. The number of hydrogen-bond donors (Lipinski definition) is 2. The highest BCUT2D eigenvalue weighted by molar-refractivity contribution is 7.80. The van der Waals surface area contributed by atoms with Crippen molar-refractivity contribution in [1.82, 2.24) is 0 Å². The van der Waals surface area contributed by atoms with Gasteiger partial charge in [-0.15, -0.1) is 0 Å². The first-order valence-corrected chi connectivity index (χ1v) is 6.91. The fourth-order valence-corrected chi connectivity index (χ4v) is 2.84. The van der Waals surface area contributed by atoms with E-state index in [0.717, 1.165) is 18.9 Å². The topological polar surface area (TPSA) is 38.0 Å². The Hall–Kier alpha value is -1.16. The molecule has 0 unspecified atom stereocenters. The minimum Gasteiger partial charge on any atom is -0.389 e. The van der Waals surface area contributed by atoms with Crippen molar-refractivity contribution in [2.75, 3.05) is 11.9 Å². The molecule has 2 nitrogen and oxygen atoms in total. The highest BCUT2D eigenvalue weighted by atomic mass is 32.1. The van der Waals surface area contributed by atoms with Crippen LogP contribution < -0.4 is 11.1 Å². The minimum atomic E-state index is -0.353. The van der Waals surface area contributed by atoms with Crippen molar-refractivity contribution in [3.05, 3.63) is 29.6 Å². The van der Waals surface area contributed by atoms with Gasteiger partial charge in [0.25, 0.3) is 0 Å². The Labute approximate surface area is 113 Å². The van der Waals surface area contributed by atoms with Crippen molar-refractivity contribution >= 4 is 22.9 Å². The van der Waals surface area contributed by atoms with E-state index in [-0.39, 0.29) is 10.8 Å². The number of rotatable bonds is 5. The molecule has 1 saturated carbocycles. The van der Waals surface area contributed by atoms with Crippen molar-refractivity contribution in [2.45, 2.75) is 32.1 Å². The molecule has 0 bridgehead atoms. The Bertz CT molecular complexity index is 428. The molecule has 0 amide bonds. The van der Waals surface area contributed by atoms with Gasteiger partial charge in [-0.25, -0.2) is 4.39 Å². The molecule has 3 N–H and O–H groups in total. The number of nitrogens with two attached hydrogens (primary N) is 1. The quantitative estimate of drug-likeness (QED) is 0.802. The molecule has 4 heteroatoms. The summed E-state index contributed by atoms with van der Waals surface area (Å²) in [5, 5.41) is 3.25. The summed E-state index contributed by atoms with van der Waals surface area (Å²) < 4.78 is 13.6.